The molecule has 2 saturated heterocycles. The van der Waals surface area contributed by atoms with Gasteiger partial charge in [0.05, 0.1) is 5.69 Å². The molecule has 1 aromatic heterocycles. The van der Waals surface area contributed by atoms with Gasteiger partial charge in [0.1, 0.15) is 5.56 Å². The van der Waals surface area contributed by atoms with Crippen LogP contribution < -0.4 is 5.32 Å². The molecule has 5 heteroatoms. The van der Waals surface area contributed by atoms with E-state index in [-0.39, 0.29) is 5.56 Å². The molecule has 2 aliphatic rings. The minimum absolute atomic E-state index is 0.261. The Morgan fingerprint density at radius 2 is 2.26 bits per heavy atom. The molecule has 0 saturated carbocycles. The van der Waals surface area contributed by atoms with E-state index in [0.29, 0.717) is 17.8 Å². The standard InChI is InChI=1S/C14H19N3O2/c18-14(19)10-9-15-6-4-11(10)16-12-5-8-17-7-2-1-3-13(12)17/h4,6,9,12-13H,1-3,5,7-8H2,(H,15,16)(H,18,19). The number of nitrogens with zero attached hydrogens (tertiary/aromatic N) is 2. The lowest BCUT2D eigenvalue weighted by Gasteiger charge is -2.33. The highest BCUT2D eigenvalue weighted by molar-refractivity contribution is 5.93. The first-order chi connectivity index (χ1) is 9.25. The van der Waals surface area contributed by atoms with Gasteiger partial charge in [-0.15, -0.1) is 0 Å². The Kier molecular flexibility index (Phi) is 3.38. The van der Waals surface area contributed by atoms with Gasteiger partial charge in [-0.25, -0.2) is 4.79 Å². The van der Waals surface area contributed by atoms with Crippen LogP contribution in [0.15, 0.2) is 18.5 Å². The Balaban J connectivity index is 1.76. The van der Waals surface area contributed by atoms with E-state index < -0.39 is 5.97 Å². The summed E-state index contributed by atoms with van der Waals surface area (Å²) in [4.78, 5) is 17.6. The molecule has 3 rings (SSSR count). The molecule has 2 aliphatic heterocycles. The molecule has 19 heavy (non-hydrogen) atoms. The van der Waals surface area contributed by atoms with Crippen LogP contribution in [0.5, 0.6) is 0 Å². The van der Waals surface area contributed by atoms with Crippen molar-refractivity contribution in [2.75, 3.05) is 18.4 Å². The normalized spacial score (nSPS) is 26.9. The van der Waals surface area contributed by atoms with Crippen molar-refractivity contribution in [1.29, 1.82) is 0 Å². The monoisotopic (exact) mass is 261 g/mol. The second-order valence-electron chi connectivity index (χ2n) is 5.37. The number of aromatic carboxylic acids is 1. The van der Waals surface area contributed by atoms with Crippen LogP contribution in [0.4, 0.5) is 5.69 Å². The number of nitrogens with one attached hydrogen (secondary N) is 1. The Bertz CT molecular complexity index is 478. The first-order valence-electron chi connectivity index (χ1n) is 6.93. The number of rotatable bonds is 3. The van der Waals surface area contributed by atoms with E-state index in [0.717, 1.165) is 13.0 Å². The molecule has 102 valence electrons. The van der Waals surface area contributed by atoms with E-state index >= 15 is 0 Å². The zero-order valence-corrected chi connectivity index (χ0v) is 10.9. The lowest BCUT2D eigenvalue weighted by molar-refractivity contribution is 0.0697. The molecule has 0 spiro atoms. The molecular formula is C14H19N3O2. The molecule has 2 unspecified atom stereocenters. The van der Waals surface area contributed by atoms with E-state index in [9.17, 15) is 9.90 Å². The van der Waals surface area contributed by atoms with E-state index in [1.54, 1.807) is 12.3 Å². The second-order valence-corrected chi connectivity index (χ2v) is 5.37. The number of piperidine rings is 1. The number of carboxylic acid groups (broad SMARTS) is 1. The van der Waals surface area contributed by atoms with Crippen molar-refractivity contribution in [1.82, 2.24) is 9.88 Å². The maximum absolute atomic E-state index is 11.2. The van der Waals surface area contributed by atoms with Gasteiger partial charge in [0.2, 0.25) is 0 Å². The Hall–Kier alpha value is -1.62. The van der Waals surface area contributed by atoms with E-state index in [1.165, 1.54) is 32.0 Å². The highest BCUT2D eigenvalue weighted by Crippen LogP contribution is 2.30. The van der Waals surface area contributed by atoms with Crippen LogP contribution in [-0.2, 0) is 0 Å². The molecule has 2 fully saturated rings. The molecule has 0 aromatic carbocycles. The van der Waals surface area contributed by atoms with Gasteiger partial charge in [0, 0.05) is 31.0 Å². The summed E-state index contributed by atoms with van der Waals surface area (Å²) in [6.07, 6.45) is 7.93. The zero-order valence-electron chi connectivity index (χ0n) is 10.9. The van der Waals surface area contributed by atoms with Crippen molar-refractivity contribution in [3.63, 3.8) is 0 Å². The van der Waals surface area contributed by atoms with Crippen LogP contribution in [0, 0.1) is 0 Å². The highest BCUT2D eigenvalue weighted by atomic mass is 16.4. The van der Waals surface area contributed by atoms with Gasteiger partial charge in [-0.2, -0.15) is 0 Å². The number of pyridine rings is 1. The third-order valence-corrected chi connectivity index (χ3v) is 4.25. The van der Waals surface area contributed by atoms with Crippen molar-refractivity contribution in [3.8, 4) is 0 Å². The minimum Gasteiger partial charge on any atom is -0.478 e. The van der Waals surface area contributed by atoms with Gasteiger partial charge in [-0.1, -0.05) is 6.42 Å². The quantitative estimate of drug-likeness (QED) is 0.869. The predicted molar refractivity (Wildman–Crippen MR) is 72.4 cm³/mol. The summed E-state index contributed by atoms with van der Waals surface area (Å²) in [6, 6.07) is 2.68. The molecule has 0 bridgehead atoms. The summed E-state index contributed by atoms with van der Waals surface area (Å²) in [6.45, 7) is 2.31. The van der Waals surface area contributed by atoms with Gasteiger partial charge in [0.15, 0.2) is 0 Å². The average Bonchev–Trinajstić information content (AvgIpc) is 2.83. The second kappa shape index (κ2) is 5.17. The third-order valence-electron chi connectivity index (χ3n) is 4.25. The number of anilines is 1. The van der Waals surface area contributed by atoms with Gasteiger partial charge in [-0.05, 0) is 31.9 Å². The molecular weight excluding hydrogens is 242 g/mol. The van der Waals surface area contributed by atoms with Gasteiger partial charge < -0.3 is 10.4 Å². The zero-order chi connectivity index (χ0) is 13.2. The SMILES string of the molecule is O=C(O)c1cnccc1NC1CCN2CCCCC12. The largest absolute Gasteiger partial charge is 0.478 e. The predicted octanol–water partition coefficient (Wildman–Crippen LogP) is 1.82. The summed E-state index contributed by atoms with van der Waals surface area (Å²) in [5.74, 6) is -0.922. The third kappa shape index (κ3) is 2.42. The van der Waals surface area contributed by atoms with Crippen LogP contribution in [-0.4, -0.2) is 46.1 Å². The number of carboxylic acids is 1. The Morgan fingerprint density at radius 3 is 3.11 bits per heavy atom. The lowest BCUT2D eigenvalue weighted by Crippen LogP contribution is -2.41. The first-order valence-corrected chi connectivity index (χ1v) is 6.93. The van der Waals surface area contributed by atoms with Crippen LogP contribution >= 0.6 is 0 Å². The maximum Gasteiger partial charge on any atom is 0.339 e. The molecule has 3 heterocycles. The molecule has 1 aromatic rings. The van der Waals surface area contributed by atoms with Crippen molar-refractivity contribution in [2.45, 2.75) is 37.8 Å². The fraction of sp³-hybridized carbons (Fsp3) is 0.571. The Morgan fingerprint density at radius 1 is 1.37 bits per heavy atom. The molecule has 5 nitrogen and oxygen atoms in total. The molecule has 0 radical (unpaired) electrons. The number of hydrogen-bond acceptors (Lipinski definition) is 4. The summed E-state index contributed by atoms with van der Waals surface area (Å²) >= 11 is 0. The van der Waals surface area contributed by atoms with Crippen LogP contribution in [0.3, 0.4) is 0 Å². The van der Waals surface area contributed by atoms with E-state index in [4.69, 9.17) is 0 Å². The number of hydrogen-bond donors (Lipinski definition) is 2. The highest BCUT2D eigenvalue weighted by Gasteiger charge is 2.35. The smallest absolute Gasteiger partial charge is 0.339 e. The molecule has 2 atom stereocenters. The van der Waals surface area contributed by atoms with Crippen LogP contribution in [0.1, 0.15) is 36.0 Å². The molecule has 2 N–H and O–H groups in total. The van der Waals surface area contributed by atoms with Crippen molar-refractivity contribution in [3.05, 3.63) is 24.0 Å². The fourth-order valence-electron chi connectivity index (χ4n) is 3.31. The van der Waals surface area contributed by atoms with E-state index in [2.05, 4.69) is 15.2 Å². The maximum atomic E-state index is 11.2. The molecule has 0 amide bonds. The fourth-order valence-corrected chi connectivity index (χ4v) is 3.31. The van der Waals surface area contributed by atoms with Crippen molar-refractivity contribution < 1.29 is 9.90 Å². The summed E-state index contributed by atoms with van der Waals surface area (Å²) in [5.41, 5.74) is 0.955. The van der Waals surface area contributed by atoms with Gasteiger partial charge >= 0.3 is 5.97 Å². The van der Waals surface area contributed by atoms with Gasteiger partial charge in [-0.3, -0.25) is 9.88 Å². The summed E-state index contributed by atoms with van der Waals surface area (Å²) < 4.78 is 0. The summed E-state index contributed by atoms with van der Waals surface area (Å²) in [7, 11) is 0. The number of carbonyl (C=O) groups is 1. The topological polar surface area (TPSA) is 65.5 Å². The van der Waals surface area contributed by atoms with Gasteiger partial charge in [0.25, 0.3) is 0 Å². The van der Waals surface area contributed by atoms with E-state index in [1.807, 2.05) is 0 Å². The molecule has 0 aliphatic carbocycles. The lowest BCUT2D eigenvalue weighted by atomic mass is 9.98. The van der Waals surface area contributed by atoms with Crippen molar-refractivity contribution >= 4 is 11.7 Å². The number of fused-ring (bicyclic) bond motifs is 1. The average molecular weight is 261 g/mol. The van der Waals surface area contributed by atoms with Crippen LogP contribution in [0.2, 0.25) is 0 Å². The van der Waals surface area contributed by atoms with Crippen LogP contribution in [0.25, 0.3) is 0 Å². The minimum atomic E-state index is -0.922. The first kappa shape index (κ1) is 12.4. The number of aromatic nitrogens is 1. The Labute approximate surface area is 112 Å². The summed E-state index contributed by atoms with van der Waals surface area (Å²) in [5, 5.41) is 12.6. The van der Waals surface area contributed by atoms with Crippen molar-refractivity contribution in [2.24, 2.45) is 0 Å².